The zero-order chi connectivity index (χ0) is 46.4. The van der Waals surface area contributed by atoms with Gasteiger partial charge in [0.25, 0.3) is 0 Å². The van der Waals surface area contributed by atoms with E-state index < -0.39 is 87.5 Å². The second-order valence-electron chi connectivity index (χ2n) is 12.2. The molecule has 0 aliphatic heterocycles. The topological polar surface area (TPSA) is 76.4 Å². The van der Waals surface area contributed by atoms with E-state index in [0.29, 0.717) is 36.4 Å². The molecule has 3 aromatic rings. The predicted octanol–water partition coefficient (Wildman–Crippen LogP) is 9.31. The van der Waals surface area contributed by atoms with Crippen molar-refractivity contribution >= 4 is 79.3 Å². The van der Waals surface area contributed by atoms with Gasteiger partial charge in [-0.05, 0) is 0 Å². The van der Waals surface area contributed by atoms with E-state index in [1.165, 1.54) is 4.90 Å². The van der Waals surface area contributed by atoms with Crippen LogP contribution in [0.5, 0.6) is 0 Å². The summed E-state index contributed by atoms with van der Waals surface area (Å²) in [6, 6.07) is 2.13. The van der Waals surface area contributed by atoms with Gasteiger partial charge in [-0.25, -0.2) is 0 Å². The summed E-state index contributed by atoms with van der Waals surface area (Å²) in [4.78, 5) is 13.6. The van der Waals surface area contributed by atoms with E-state index in [1.54, 1.807) is 0 Å². The molecule has 0 unspecified atom stereocenters. The fourth-order valence-electron chi connectivity index (χ4n) is 4.78. The average molecular weight is 1100 g/mol. The fourth-order valence-corrected chi connectivity index (χ4v) is 6.10. The Bertz CT molecular complexity index is 1740. The molecular weight excluding hydrogens is 1070 g/mol. The molecule has 0 aliphatic rings. The van der Waals surface area contributed by atoms with Gasteiger partial charge in [-0.3, -0.25) is 0 Å². The first-order valence-electron chi connectivity index (χ1n) is 16.3. The first-order valence-corrected chi connectivity index (χ1v) is 18.8. The van der Waals surface area contributed by atoms with Crippen molar-refractivity contribution in [3.8, 4) is 0 Å². The van der Waals surface area contributed by atoms with Crippen LogP contribution in [0.15, 0.2) is 69.6 Å². The number of halogens is 18. The van der Waals surface area contributed by atoms with Crippen molar-refractivity contribution in [1.29, 1.82) is 0 Å². The Hall–Kier alpha value is -3.67. The Morgan fingerprint density at radius 1 is 0.361 bits per heavy atom. The average Bonchev–Trinajstić information content (AvgIpc) is 3.08. The number of hydrogen-bond donors (Lipinski definition) is 3. The molecule has 61 heavy (non-hydrogen) atoms. The van der Waals surface area contributed by atoms with Gasteiger partial charge < -0.3 is 0 Å². The zero-order valence-electron chi connectivity index (χ0n) is 29.8. The van der Waals surface area contributed by atoms with E-state index >= 15 is 0 Å². The van der Waals surface area contributed by atoms with Crippen LogP contribution in [0.1, 0.15) is 33.4 Å². The van der Waals surface area contributed by atoms with E-state index in [2.05, 4.69) is 79.0 Å². The maximum atomic E-state index is 13.3. The van der Waals surface area contributed by atoms with E-state index in [-0.39, 0.29) is 71.7 Å². The summed E-state index contributed by atoms with van der Waals surface area (Å²) in [7, 11) is 0. The van der Waals surface area contributed by atoms with Gasteiger partial charge in [-0.15, -0.1) is 0 Å². The SMILES string of the molecule is FC(F)(F)c1cc(NC([Se])=NCCN(CCN=C([Se])Nc2cc(C(F)(F)F)cc(C(F)(F)F)c2)CCN=C([Se])Nc2cc(C(F)(F)F)cc(C(F)(F)F)c2)cc(C(F)(F)F)c1. The first kappa shape index (κ1) is 51.7. The van der Waals surface area contributed by atoms with Crippen molar-refractivity contribution in [2.75, 3.05) is 55.2 Å². The Labute approximate surface area is 357 Å². The van der Waals surface area contributed by atoms with Crippen LogP contribution in [0.4, 0.5) is 96.1 Å². The third kappa shape index (κ3) is 17.2. The number of benzene rings is 3. The van der Waals surface area contributed by atoms with Crippen LogP contribution in [0.2, 0.25) is 0 Å². The molecule has 0 fully saturated rings. The van der Waals surface area contributed by atoms with Gasteiger partial charge >= 0.3 is 358 Å². The van der Waals surface area contributed by atoms with E-state index in [1.807, 2.05) is 0 Å². The quantitative estimate of drug-likeness (QED) is 0.0733. The third-order valence-electron chi connectivity index (χ3n) is 7.53. The second-order valence-corrected chi connectivity index (χ2v) is 14.6. The molecule has 3 radical (unpaired) electrons. The van der Waals surface area contributed by atoms with Crippen LogP contribution in [0.25, 0.3) is 0 Å². The molecule has 0 aliphatic carbocycles. The number of amidine groups is 3. The first-order chi connectivity index (χ1) is 27.7. The third-order valence-corrected chi connectivity index (χ3v) is 8.99. The van der Waals surface area contributed by atoms with Crippen LogP contribution in [-0.2, 0) is 37.1 Å². The number of nitrogens with zero attached hydrogens (tertiary/aromatic N) is 4. The Morgan fingerprint density at radius 2 is 0.541 bits per heavy atom. The molecule has 3 rings (SSSR count). The summed E-state index contributed by atoms with van der Waals surface area (Å²) >= 11 is 7.02. The Balaban J connectivity index is 1.82. The summed E-state index contributed by atoms with van der Waals surface area (Å²) < 4.78 is 238. The Morgan fingerprint density at radius 3 is 0.705 bits per heavy atom. The number of rotatable bonds is 12. The molecule has 0 saturated carbocycles. The number of hydrogen-bond acceptors (Lipinski definition) is 4. The number of nitrogens with one attached hydrogen (secondary N) is 3. The molecule has 0 aromatic heterocycles. The van der Waals surface area contributed by atoms with Crippen LogP contribution in [-0.4, -0.2) is 106 Å². The molecule has 3 N–H and O–H groups in total. The fraction of sp³-hybridized carbons (Fsp3) is 0.364. The van der Waals surface area contributed by atoms with Crippen molar-refractivity contribution in [2.24, 2.45) is 15.0 Å². The van der Waals surface area contributed by atoms with E-state index in [0.717, 1.165) is 0 Å². The maximum absolute atomic E-state index is 13.3. The van der Waals surface area contributed by atoms with Crippen molar-refractivity contribution in [3.63, 3.8) is 0 Å². The standard InChI is InChI=1S/C33H24F18N7Se3/c34-28(35,36)16-7-17(29(37,38)39)11-22(10-16)55-25(59)52-1-4-58(5-2-53-26(60)56-23-12-18(30(40,41)42)8-19(13-23)31(43,44)45)6-3-54-27(61)57-24-14-20(32(46,47)48)9-21(15-24)33(49,50)51/h7-15H,1-6H2,(H,52,55)(H,53,56)(H,54,57). The number of aliphatic imine (C=N–C) groups is 3. The normalized spacial score (nSPS) is 14.1. The summed E-state index contributed by atoms with van der Waals surface area (Å²) in [5.74, 6) is 0. The minimum absolute atomic E-state index is 0.0903. The van der Waals surface area contributed by atoms with E-state index in [4.69, 9.17) is 0 Å². The minimum atomic E-state index is -5.15. The van der Waals surface area contributed by atoms with Gasteiger partial charge in [-0.2, -0.15) is 0 Å². The summed E-state index contributed by atoms with van der Waals surface area (Å²) in [5, 5.41) is 6.85. The van der Waals surface area contributed by atoms with Crippen LogP contribution in [0, 0.1) is 0 Å². The summed E-state index contributed by atoms with van der Waals surface area (Å²) in [5.41, 5.74) is -11.6. The molecule has 0 atom stereocenters. The van der Waals surface area contributed by atoms with Crippen LogP contribution < -0.4 is 16.0 Å². The van der Waals surface area contributed by atoms with Gasteiger partial charge in [0.15, 0.2) is 0 Å². The molecule has 7 nitrogen and oxygen atoms in total. The molecule has 0 saturated heterocycles. The number of alkyl halides is 18. The van der Waals surface area contributed by atoms with Crippen molar-refractivity contribution in [3.05, 3.63) is 88.0 Å². The molecule has 28 heteroatoms. The summed E-state index contributed by atoms with van der Waals surface area (Å²) in [6.45, 7) is -0.996. The number of anilines is 3. The van der Waals surface area contributed by atoms with Gasteiger partial charge in [0, 0.05) is 0 Å². The van der Waals surface area contributed by atoms with Crippen molar-refractivity contribution in [1.82, 2.24) is 4.90 Å². The van der Waals surface area contributed by atoms with Crippen molar-refractivity contribution in [2.45, 2.75) is 37.1 Å². The van der Waals surface area contributed by atoms with Gasteiger partial charge in [0.05, 0.1) is 0 Å². The summed E-state index contributed by atoms with van der Waals surface area (Å²) in [6.07, 6.45) is -30.9. The van der Waals surface area contributed by atoms with Gasteiger partial charge in [0.1, 0.15) is 0 Å². The van der Waals surface area contributed by atoms with Gasteiger partial charge in [-0.1, -0.05) is 0 Å². The molecule has 335 valence electrons. The monoisotopic (exact) mass is 1100 g/mol. The van der Waals surface area contributed by atoms with Crippen molar-refractivity contribution < 1.29 is 79.0 Å². The van der Waals surface area contributed by atoms with E-state index in [9.17, 15) is 79.0 Å². The van der Waals surface area contributed by atoms with Gasteiger partial charge in [0.2, 0.25) is 0 Å². The molecular formula is C33H24F18N7Se3. The second kappa shape index (κ2) is 20.2. The molecule has 0 spiro atoms. The molecule has 0 bridgehead atoms. The zero-order valence-corrected chi connectivity index (χ0v) is 34.9. The Kier molecular flexibility index (Phi) is 17.1. The van der Waals surface area contributed by atoms with Crippen LogP contribution >= 0.6 is 0 Å². The molecule has 3 aromatic carbocycles. The predicted molar refractivity (Wildman–Crippen MR) is 191 cm³/mol. The molecule has 0 amide bonds. The van der Waals surface area contributed by atoms with Crippen LogP contribution in [0.3, 0.4) is 0 Å². The molecule has 0 heterocycles.